The Kier molecular flexibility index (Phi) is 6.60. The summed E-state index contributed by atoms with van der Waals surface area (Å²) in [6, 6.07) is 0. The van der Waals surface area contributed by atoms with E-state index in [1.807, 2.05) is 0 Å². The molecule has 1 saturated carbocycles. The average molecular weight is 258 g/mol. The molecule has 0 aromatic heterocycles. The molecule has 5 heteroatoms. The number of nitrogens with one attached hydrogen (secondary N) is 1. The molecule has 0 spiro atoms. The summed E-state index contributed by atoms with van der Waals surface area (Å²) in [5.74, 6) is -0.105. The lowest BCUT2D eigenvalue weighted by Crippen LogP contribution is -2.48. The van der Waals surface area contributed by atoms with Crippen LogP contribution in [0.5, 0.6) is 0 Å². The summed E-state index contributed by atoms with van der Waals surface area (Å²) >= 11 is 0. The van der Waals surface area contributed by atoms with Crippen molar-refractivity contribution in [3.05, 3.63) is 0 Å². The first-order chi connectivity index (χ1) is 8.57. The van der Waals surface area contributed by atoms with Gasteiger partial charge in [-0.2, -0.15) is 0 Å². The second-order valence-corrected chi connectivity index (χ2v) is 5.16. The molecular weight excluding hydrogens is 232 g/mol. The summed E-state index contributed by atoms with van der Waals surface area (Å²) in [7, 11) is 1.60. The molecule has 0 saturated heterocycles. The molecule has 0 aliphatic heterocycles. The van der Waals surface area contributed by atoms with Crippen LogP contribution in [-0.2, 0) is 14.3 Å². The van der Waals surface area contributed by atoms with Gasteiger partial charge in [-0.05, 0) is 19.8 Å². The fourth-order valence-corrected chi connectivity index (χ4v) is 2.19. The summed E-state index contributed by atoms with van der Waals surface area (Å²) in [5.41, 5.74) is 6.02. The summed E-state index contributed by atoms with van der Waals surface area (Å²) in [5, 5.41) is 2.75. The molecule has 1 atom stereocenters. The van der Waals surface area contributed by atoms with Crippen molar-refractivity contribution in [1.29, 1.82) is 0 Å². The van der Waals surface area contributed by atoms with Crippen LogP contribution in [-0.4, -0.2) is 44.4 Å². The number of nitrogens with two attached hydrogens (primary N) is 1. The zero-order valence-corrected chi connectivity index (χ0v) is 11.5. The van der Waals surface area contributed by atoms with Crippen molar-refractivity contribution in [2.75, 3.05) is 26.9 Å². The summed E-state index contributed by atoms with van der Waals surface area (Å²) in [6.07, 6.45) is 5.11. The Hall–Kier alpha value is -0.650. The minimum absolute atomic E-state index is 0.105. The van der Waals surface area contributed by atoms with E-state index in [1.165, 1.54) is 6.42 Å². The predicted octanol–water partition coefficient (Wildman–Crippen LogP) is 0.816. The van der Waals surface area contributed by atoms with Crippen molar-refractivity contribution in [3.63, 3.8) is 0 Å². The Labute approximate surface area is 109 Å². The van der Waals surface area contributed by atoms with Crippen LogP contribution in [0, 0.1) is 0 Å². The third kappa shape index (κ3) is 5.33. The van der Waals surface area contributed by atoms with E-state index < -0.39 is 6.10 Å². The van der Waals surface area contributed by atoms with Gasteiger partial charge in [-0.15, -0.1) is 0 Å². The van der Waals surface area contributed by atoms with Gasteiger partial charge in [-0.25, -0.2) is 0 Å². The smallest absolute Gasteiger partial charge is 0.248 e. The summed E-state index contributed by atoms with van der Waals surface area (Å²) < 4.78 is 10.5. The van der Waals surface area contributed by atoms with Crippen LogP contribution in [0.4, 0.5) is 0 Å². The zero-order chi connectivity index (χ0) is 13.4. The number of ether oxygens (including phenoxy) is 2. The minimum Gasteiger partial charge on any atom is -0.383 e. The number of rotatable bonds is 7. The highest BCUT2D eigenvalue weighted by atomic mass is 16.5. The number of hydrogen-bond donors (Lipinski definition) is 2. The van der Waals surface area contributed by atoms with E-state index in [0.29, 0.717) is 19.8 Å². The molecule has 0 heterocycles. The molecule has 0 aromatic carbocycles. The molecule has 5 nitrogen and oxygen atoms in total. The van der Waals surface area contributed by atoms with Crippen molar-refractivity contribution in [2.45, 2.75) is 50.7 Å². The van der Waals surface area contributed by atoms with Gasteiger partial charge in [0.1, 0.15) is 6.10 Å². The average Bonchev–Trinajstić information content (AvgIpc) is 2.37. The molecule has 1 aliphatic rings. The Morgan fingerprint density at radius 1 is 1.39 bits per heavy atom. The third-order valence-electron chi connectivity index (χ3n) is 3.44. The Morgan fingerprint density at radius 3 is 2.67 bits per heavy atom. The lowest BCUT2D eigenvalue weighted by Gasteiger charge is -2.33. The Morgan fingerprint density at radius 2 is 2.06 bits per heavy atom. The number of amides is 1. The molecule has 1 unspecified atom stereocenters. The largest absolute Gasteiger partial charge is 0.383 e. The summed E-state index contributed by atoms with van der Waals surface area (Å²) in [6.45, 7) is 3.25. The lowest BCUT2D eigenvalue weighted by molar-refractivity contribution is -0.133. The quantitative estimate of drug-likeness (QED) is 0.663. The van der Waals surface area contributed by atoms with Gasteiger partial charge in [0, 0.05) is 19.2 Å². The molecule has 0 radical (unpaired) electrons. The minimum atomic E-state index is -0.454. The molecule has 0 bridgehead atoms. The van der Waals surface area contributed by atoms with Gasteiger partial charge >= 0.3 is 0 Å². The van der Waals surface area contributed by atoms with E-state index in [1.54, 1.807) is 14.0 Å². The Bertz CT molecular complexity index is 253. The van der Waals surface area contributed by atoms with Gasteiger partial charge in [0.05, 0.1) is 13.2 Å². The second-order valence-electron chi connectivity index (χ2n) is 5.16. The van der Waals surface area contributed by atoms with Crippen LogP contribution in [0.3, 0.4) is 0 Å². The predicted molar refractivity (Wildman–Crippen MR) is 70.3 cm³/mol. The standard InChI is InChI=1S/C13H26N2O3/c1-11(12(16)15-8-9-17-2)18-10-13(14)6-4-3-5-7-13/h11H,3-10,14H2,1-2H3,(H,15,16). The molecule has 0 aromatic rings. The highest BCUT2D eigenvalue weighted by molar-refractivity contribution is 5.80. The molecule has 1 aliphatic carbocycles. The maximum atomic E-state index is 11.7. The van der Waals surface area contributed by atoms with Crippen LogP contribution in [0.25, 0.3) is 0 Å². The molecule has 1 amide bonds. The number of methoxy groups -OCH3 is 1. The highest BCUT2D eigenvalue weighted by Crippen LogP contribution is 2.26. The lowest BCUT2D eigenvalue weighted by atomic mass is 9.83. The zero-order valence-electron chi connectivity index (χ0n) is 11.5. The fraction of sp³-hybridized carbons (Fsp3) is 0.923. The Balaban J connectivity index is 2.22. The fourth-order valence-electron chi connectivity index (χ4n) is 2.19. The molecule has 1 rings (SSSR count). The van der Waals surface area contributed by atoms with E-state index in [-0.39, 0.29) is 11.4 Å². The van der Waals surface area contributed by atoms with Gasteiger partial charge in [-0.1, -0.05) is 19.3 Å². The van der Waals surface area contributed by atoms with Crippen molar-refractivity contribution in [2.24, 2.45) is 5.73 Å². The van der Waals surface area contributed by atoms with Crippen LogP contribution < -0.4 is 11.1 Å². The van der Waals surface area contributed by atoms with E-state index >= 15 is 0 Å². The van der Waals surface area contributed by atoms with Crippen LogP contribution in [0.15, 0.2) is 0 Å². The van der Waals surface area contributed by atoms with Crippen LogP contribution >= 0.6 is 0 Å². The van der Waals surface area contributed by atoms with Crippen molar-refractivity contribution in [1.82, 2.24) is 5.32 Å². The maximum absolute atomic E-state index is 11.7. The maximum Gasteiger partial charge on any atom is 0.248 e. The van der Waals surface area contributed by atoms with Gasteiger partial charge < -0.3 is 20.5 Å². The first-order valence-corrected chi connectivity index (χ1v) is 6.74. The molecular formula is C13H26N2O3. The topological polar surface area (TPSA) is 73.6 Å². The van der Waals surface area contributed by atoms with Gasteiger partial charge in [0.15, 0.2) is 0 Å². The number of carbonyl (C=O) groups excluding carboxylic acids is 1. The SMILES string of the molecule is COCCNC(=O)C(C)OCC1(N)CCCCC1. The number of hydrogen-bond acceptors (Lipinski definition) is 4. The van der Waals surface area contributed by atoms with Gasteiger partial charge in [0.25, 0.3) is 0 Å². The second kappa shape index (κ2) is 7.71. The van der Waals surface area contributed by atoms with Crippen LogP contribution in [0.1, 0.15) is 39.0 Å². The molecule has 106 valence electrons. The van der Waals surface area contributed by atoms with Crippen LogP contribution in [0.2, 0.25) is 0 Å². The molecule has 3 N–H and O–H groups in total. The first-order valence-electron chi connectivity index (χ1n) is 6.74. The normalized spacial score (nSPS) is 20.4. The number of carbonyl (C=O) groups is 1. The van der Waals surface area contributed by atoms with E-state index in [9.17, 15) is 4.79 Å². The van der Waals surface area contributed by atoms with Crippen molar-refractivity contribution < 1.29 is 14.3 Å². The molecule has 1 fully saturated rings. The van der Waals surface area contributed by atoms with Gasteiger partial charge in [-0.3, -0.25) is 4.79 Å². The van der Waals surface area contributed by atoms with E-state index in [0.717, 1.165) is 25.7 Å². The highest BCUT2D eigenvalue weighted by Gasteiger charge is 2.29. The van der Waals surface area contributed by atoms with E-state index in [2.05, 4.69) is 5.32 Å². The van der Waals surface area contributed by atoms with Crippen molar-refractivity contribution in [3.8, 4) is 0 Å². The van der Waals surface area contributed by atoms with E-state index in [4.69, 9.17) is 15.2 Å². The molecule has 18 heavy (non-hydrogen) atoms. The van der Waals surface area contributed by atoms with Crippen molar-refractivity contribution >= 4 is 5.91 Å². The first kappa shape index (κ1) is 15.4. The summed E-state index contributed by atoms with van der Waals surface area (Å²) in [4.78, 5) is 11.7. The monoisotopic (exact) mass is 258 g/mol. The van der Waals surface area contributed by atoms with Gasteiger partial charge in [0.2, 0.25) is 5.91 Å². The third-order valence-corrected chi connectivity index (χ3v) is 3.44.